The average molecular weight is 240 g/mol. The molecular formula is C13H24N2O2. The monoisotopic (exact) mass is 240 g/mol. The van der Waals surface area contributed by atoms with Crippen LogP contribution in [0.1, 0.15) is 45.4 Å². The lowest BCUT2D eigenvalue weighted by Gasteiger charge is -2.15. The first-order valence-corrected chi connectivity index (χ1v) is 6.42. The highest BCUT2D eigenvalue weighted by Gasteiger charge is 2.11. The molecule has 0 fully saturated rings. The number of aliphatic hydroxyl groups excluding tert-OH is 1. The first kappa shape index (κ1) is 14.2. The molecule has 98 valence electrons. The van der Waals surface area contributed by atoms with Gasteiger partial charge in [0.25, 0.3) is 0 Å². The molecule has 0 spiro atoms. The second kappa shape index (κ2) is 7.45. The van der Waals surface area contributed by atoms with Gasteiger partial charge in [-0.15, -0.1) is 0 Å². The zero-order valence-corrected chi connectivity index (χ0v) is 11.1. The van der Waals surface area contributed by atoms with Gasteiger partial charge in [-0.05, 0) is 6.42 Å². The fraction of sp³-hybridized carbons (Fsp3) is 0.769. The van der Waals surface area contributed by atoms with E-state index in [0.29, 0.717) is 19.1 Å². The molecule has 17 heavy (non-hydrogen) atoms. The number of imidazole rings is 1. The minimum atomic E-state index is -0.460. The molecule has 4 nitrogen and oxygen atoms in total. The third-order valence-electron chi connectivity index (χ3n) is 2.62. The molecule has 0 aromatic carbocycles. The Morgan fingerprint density at radius 1 is 1.47 bits per heavy atom. The van der Waals surface area contributed by atoms with Crippen molar-refractivity contribution in [3.8, 4) is 0 Å². The second-order valence-electron chi connectivity index (χ2n) is 4.67. The Balaban J connectivity index is 2.34. The lowest BCUT2D eigenvalue weighted by molar-refractivity contribution is 0.0266. The van der Waals surface area contributed by atoms with E-state index in [1.807, 2.05) is 10.8 Å². The van der Waals surface area contributed by atoms with Crippen LogP contribution in [0, 0.1) is 0 Å². The summed E-state index contributed by atoms with van der Waals surface area (Å²) in [5.74, 6) is 1.39. The van der Waals surface area contributed by atoms with Gasteiger partial charge in [0.2, 0.25) is 0 Å². The van der Waals surface area contributed by atoms with Crippen LogP contribution in [0.3, 0.4) is 0 Å². The van der Waals surface area contributed by atoms with Crippen molar-refractivity contribution in [1.29, 1.82) is 0 Å². The number of nitrogens with zero attached hydrogens (tertiary/aromatic N) is 2. The topological polar surface area (TPSA) is 47.3 Å². The molecule has 1 heterocycles. The molecule has 4 heteroatoms. The largest absolute Gasteiger partial charge is 0.389 e. The summed E-state index contributed by atoms with van der Waals surface area (Å²) in [6.45, 7) is 8.01. The summed E-state index contributed by atoms with van der Waals surface area (Å²) >= 11 is 0. The lowest BCUT2D eigenvalue weighted by Crippen LogP contribution is -2.23. The van der Waals surface area contributed by atoms with E-state index in [1.165, 1.54) is 0 Å². The highest BCUT2D eigenvalue weighted by Crippen LogP contribution is 2.12. The fourth-order valence-corrected chi connectivity index (χ4v) is 1.72. The molecule has 0 aliphatic heterocycles. The Bertz CT molecular complexity index is 310. The summed E-state index contributed by atoms with van der Waals surface area (Å²) in [5, 5.41) is 9.85. The number of aliphatic hydroxyl groups is 1. The average Bonchev–Trinajstić information content (AvgIpc) is 2.72. The van der Waals surface area contributed by atoms with Crippen LogP contribution in [0.25, 0.3) is 0 Å². The minimum absolute atomic E-state index is 0.373. The molecule has 0 saturated carbocycles. The van der Waals surface area contributed by atoms with Crippen molar-refractivity contribution < 1.29 is 9.84 Å². The predicted octanol–water partition coefficient (Wildman–Crippen LogP) is 2.18. The van der Waals surface area contributed by atoms with Gasteiger partial charge in [-0.2, -0.15) is 0 Å². The van der Waals surface area contributed by atoms with Gasteiger partial charge in [0.15, 0.2) is 0 Å². The molecule has 0 saturated heterocycles. The third kappa shape index (κ3) is 4.88. The van der Waals surface area contributed by atoms with E-state index < -0.39 is 6.10 Å². The second-order valence-corrected chi connectivity index (χ2v) is 4.67. The van der Waals surface area contributed by atoms with Crippen molar-refractivity contribution in [3.05, 3.63) is 18.2 Å². The zero-order valence-electron chi connectivity index (χ0n) is 11.1. The maximum atomic E-state index is 9.85. The summed E-state index contributed by atoms with van der Waals surface area (Å²) in [6.07, 6.45) is 5.40. The smallest absolute Gasteiger partial charge is 0.111 e. The molecule has 1 atom stereocenters. The first-order valence-electron chi connectivity index (χ1n) is 6.42. The quantitative estimate of drug-likeness (QED) is 0.708. The molecule has 1 N–H and O–H groups in total. The van der Waals surface area contributed by atoms with Crippen LogP contribution >= 0.6 is 0 Å². The van der Waals surface area contributed by atoms with Gasteiger partial charge in [-0.1, -0.05) is 27.2 Å². The number of hydrogen-bond donors (Lipinski definition) is 1. The molecule has 0 bridgehead atoms. The molecule has 0 aliphatic carbocycles. The molecule has 0 radical (unpaired) electrons. The summed E-state index contributed by atoms with van der Waals surface area (Å²) in [7, 11) is 0. The SMILES string of the molecule is CCCCOCC(O)Cn1ccnc1C(C)C. The van der Waals surface area contributed by atoms with Crippen molar-refractivity contribution in [2.24, 2.45) is 0 Å². The molecule has 0 amide bonds. The van der Waals surface area contributed by atoms with Crippen molar-refractivity contribution in [3.63, 3.8) is 0 Å². The molecular weight excluding hydrogens is 216 g/mol. The van der Waals surface area contributed by atoms with Crippen molar-refractivity contribution in [1.82, 2.24) is 9.55 Å². The Hall–Kier alpha value is -0.870. The standard InChI is InChI=1S/C13H24N2O2/c1-4-5-8-17-10-12(16)9-15-7-6-14-13(15)11(2)3/h6-7,11-12,16H,4-5,8-10H2,1-3H3. The van der Waals surface area contributed by atoms with Gasteiger partial charge >= 0.3 is 0 Å². The van der Waals surface area contributed by atoms with Gasteiger partial charge in [0.05, 0.1) is 19.3 Å². The van der Waals surface area contributed by atoms with Crippen LogP contribution in [0.15, 0.2) is 12.4 Å². The third-order valence-corrected chi connectivity index (χ3v) is 2.62. The van der Waals surface area contributed by atoms with Crippen LogP contribution in [0.5, 0.6) is 0 Å². The van der Waals surface area contributed by atoms with E-state index in [2.05, 4.69) is 25.8 Å². The van der Waals surface area contributed by atoms with Crippen LogP contribution in [0.4, 0.5) is 0 Å². The van der Waals surface area contributed by atoms with Gasteiger partial charge in [-0.3, -0.25) is 0 Å². The number of aromatic nitrogens is 2. The van der Waals surface area contributed by atoms with E-state index in [9.17, 15) is 5.11 Å². The van der Waals surface area contributed by atoms with E-state index >= 15 is 0 Å². The number of rotatable bonds is 8. The molecule has 1 aromatic heterocycles. The molecule has 1 aromatic rings. The van der Waals surface area contributed by atoms with Crippen molar-refractivity contribution in [2.45, 2.75) is 52.2 Å². The Morgan fingerprint density at radius 3 is 2.88 bits per heavy atom. The normalized spacial score (nSPS) is 13.2. The summed E-state index contributed by atoms with van der Waals surface area (Å²) in [4.78, 5) is 4.29. The predicted molar refractivity (Wildman–Crippen MR) is 68.0 cm³/mol. The number of unbranched alkanes of at least 4 members (excludes halogenated alkanes) is 1. The summed E-state index contributed by atoms with van der Waals surface area (Å²) in [6, 6.07) is 0. The first-order chi connectivity index (χ1) is 8.15. The Kier molecular flexibility index (Phi) is 6.22. The van der Waals surface area contributed by atoms with Crippen LogP contribution in [-0.2, 0) is 11.3 Å². The maximum absolute atomic E-state index is 9.85. The molecule has 1 unspecified atom stereocenters. The van der Waals surface area contributed by atoms with Crippen LogP contribution < -0.4 is 0 Å². The lowest BCUT2D eigenvalue weighted by atomic mass is 10.2. The van der Waals surface area contributed by atoms with Gasteiger partial charge in [0.1, 0.15) is 5.82 Å². The van der Waals surface area contributed by atoms with E-state index in [-0.39, 0.29) is 0 Å². The van der Waals surface area contributed by atoms with E-state index in [1.54, 1.807) is 6.20 Å². The van der Waals surface area contributed by atoms with Gasteiger partial charge < -0.3 is 14.4 Å². The highest BCUT2D eigenvalue weighted by molar-refractivity contribution is 4.97. The van der Waals surface area contributed by atoms with Crippen LogP contribution in [0.2, 0.25) is 0 Å². The zero-order chi connectivity index (χ0) is 12.7. The van der Waals surface area contributed by atoms with E-state index in [0.717, 1.165) is 25.3 Å². The Morgan fingerprint density at radius 2 is 2.24 bits per heavy atom. The molecule has 1 rings (SSSR count). The van der Waals surface area contributed by atoms with Gasteiger partial charge in [-0.25, -0.2) is 4.98 Å². The maximum Gasteiger partial charge on any atom is 0.111 e. The minimum Gasteiger partial charge on any atom is -0.389 e. The van der Waals surface area contributed by atoms with Crippen molar-refractivity contribution >= 4 is 0 Å². The molecule has 0 aliphatic rings. The summed E-state index contributed by atoms with van der Waals surface area (Å²) < 4.78 is 7.40. The highest BCUT2D eigenvalue weighted by atomic mass is 16.5. The van der Waals surface area contributed by atoms with Crippen molar-refractivity contribution in [2.75, 3.05) is 13.2 Å². The fourth-order valence-electron chi connectivity index (χ4n) is 1.72. The number of hydrogen-bond acceptors (Lipinski definition) is 3. The van der Waals surface area contributed by atoms with Crippen LogP contribution in [-0.4, -0.2) is 34.0 Å². The van der Waals surface area contributed by atoms with Gasteiger partial charge in [0, 0.05) is 24.9 Å². The Labute approximate surface area is 104 Å². The summed E-state index contributed by atoms with van der Waals surface area (Å²) in [5.41, 5.74) is 0. The van der Waals surface area contributed by atoms with E-state index in [4.69, 9.17) is 4.74 Å². The number of ether oxygens (including phenoxy) is 1.